The number of hydrogen-bond donors (Lipinski definition) is 1. The number of carbonyl (C=O) groups excluding carboxylic acids is 1. The lowest BCUT2D eigenvalue weighted by atomic mass is 10.1. The summed E-state index contributed by atoms with van der Waals surface area (Å²) in [5, 5.41) is 0.588. The largest absolute Gasteiger partial charge is 0.466 e. The number of esters is 1. The zero-order valence-corrected chi connectivity index (χ0v) is 14.0. The van der Waals surface area contributed by atoms with Gasteiger partial charge in [-0.05, 0) is 44.0 Å². The molecule has 0 fully saturated rings. The first-order chi connectivity index (χ1) is 11.0. The third-order valence-corrected chi connectivity index (χ3v) is 4.90. The normalized spacial score (nSPS) is 11.6. The summed E-state index contributed by atoms with van der Waals surface area (Å²) in [6, 6.07) is 6.76. The molecule has 0 amide bonds. The van der Waals surface area contributed by atoms with Crippen LogP contribution in [-0.4, -0.2) is 32.5 Å². The molecule has 23 heavy (non-hydrogen) atoms. The number of nitrogens with one attached hydrogen (secondary N) is 1. The second kappa shape index (κ2) is 7.52. The number of hydrogen-bond acceptors (Lipinski definition) is 5. The molecule has 0 saturated heterocycles. The SMILES string of the molecule is CCOC(=O)CCCNS(=O)(=O)c1ccc(C)c2ncccc12. The summed E-state index contributed by atoms with van der Waals surface area (Å²) in [6.45, 7) is 4.12. The van der Waals surface area contributed by atoms with Gasteiger partial charge in [0.15, 0.2) is 0 Å². The Morgan fingerprint density at radius 2 is 2.09 bits per heavy atom. The predicted octanol–water partition coefficient (Wildman–Crippen LogP) is 2.16. The maximum Gasteiger partial charge on any atom is 0.305 e. The van der Waals surface area contributed by atoms with Crippen molar-refractivity contribution in [1.82, 2.24) is 9.71 Å². The van der Waals surface area contributed by atoms with Crippen molar-refractivity contribution in [3.8, 4) is 0 Å². The molecule has 6 nitrogen and oxygen atoms in total. The highest BCUT2D eigenvalue weighted by Crippen LogP contribution is 2.23. The molecular formula is C16H20N2O4S. The third-order valence-electron chi connectivity index (χ3n) is 3.38. The fraction of sp³-hybridized carbons (Fsp3) is 0.375. The molecule has 0 radical (unpaired) electrons. The van der Waals surface area contributed by atoms with Gasteiger partial charge in [0, 0.05) is 24.5 Å². The summed E-state index contributed by atoms with van der Waals surface area (Å²) in [7, 11) is -3.66. The number of aryl methyl sites for hydroxylation is 1. The van der Waals surface area contributed by atoms with Crippen LogP contribution >= 0.6 is 0 Å². The molecule has 0 aliphatic rings. The second-order valence-electron chi connectivity index (χ2n) is 5.09. The van der Waals surface area contributed by atoms with E-state index in [1.165, 1.54) is 0 Å². The van der Waals surface area contributed by atoms with Crippen LogP contribution in [0.4, 0.5) is 0 Å². The average molecular weight is 336 g/mol. The van der Waals surface area contributed by atoms with Gasteiger partial charge in [-0.3, -0.25) is 9.78 Å². The van der Waals surface area contributed by atoms with Gasteiger partial charge in [0.1, 0.15) is 0 Å². The number of ether oxygens (including phenoxy) is 1. The Morgan fingerprint density at radius 1 is 1.30 bits per heavy atom. The van der Waals surface area contributed by atoms with E-state index in [2.05, 4.69) is 9.71 Å². The van der Waals surface area contributed by atoms with Crippen LogP contribution in [0.1, 0.15) is 25.3 Å². The van der Waals surface area contributed by atoms with Gasteiger partial charge in [-0.15, -0.1) is 0 Å². The van der Waals surface area contributed by atoms with E-state index in [9.17, 15) is 13.2 Å². The lowest BCUT2D eigenvalue weighted by Crippen LogP contribution is -2.25. The Balaban J connectivity index is 2.12. The molecule has 0 unspecified atom stereocenters. The van der Waals surface area contributed by atoms with Crippen LogP contribution < -0.4 is 4.72 Å². The van der Waals surface area contributed by atoms with Gasteiger partial charge < -0.3 is 4.74 Å². The Bertz CT molecular complexity index is 803. The van der Waals surface area contributed by atoms with Gasteiger partial charge in [-0.2, -0.15) is 0 Å². The van der Waals surface area contributed by atoms with E-state index in [-0.39, 0.29) is 23.8 Å². The molecule has 2 aromatic rings. The maximum absolute atomic E-state index is 12.5. The number of nitrogens with zero attached hydrogens (tertiary/aromatic N) is 1. The lowest BCUT2D eigenvalue weighted by Gasteiger charge is -2.10. The van der Waals surface area contributed by atoms with Gasteiger partial charge in [-0.1, -0.05) is 6.07 Å². The highest BCUT2D eigenvalue weighted by Gasteiger charge is 2.18. The van der Waals surface area contributed by atoms with Crippen molar-refractivity contribution in [2.45, 2.75) is 31.6 Å². The molecule has 0 aliphatic carbocycles. The molecule has 2 rings (SSSR count). The number of aromatic nitrogens is 1. The van der Waals surface area contributed by atoms with Crippen molar-refractivity contribution in [1.29, 1.82) is 0 Å². The third kappa shape index (κ3) is 4.27. The minimum absolute atomic E-state index is 0.177. The molecule has 1 aromatic heterocycles. The van der Waals surface area contributed by atoms with Gasteiger partial charge >= 0.3 is 5.97 Å². The van der Waals surface area contributed by atoms with E-state index in [4.69, 9.17) is 4.74 Å². The highest BCUT2D eigenvalue weighted by atomic mass is 32.2. The minimum atomic E-state index is -3.66. The summed E-state index contributed by atoms with van der Waals surface area (Å²) >= 11 is 0. The van der Waals surface area contributed by atoms with E-state index >= 15 is 0 Å². The second-order valence-corrected chi connectivity index (χ2v) is 6.82. The fourth-order valence-corrected chi connectivity index (χ4v) is 3.54. The van der Waals surface area contributed by atoms with Crippen LogP contribution in [0.5, 0.6) is 0 Å². The quantitative estimate of drug-likeness (QED) is 0.618. The monoisotopic (exact) mass is 336 g/mol. The Kier molecular flexibility index (Phi) is 5.68. The number of carbonyl (C=O) groups is 1. The van der Waals surface area contributed by atoms with Crippen molar-refractivity contribution in [2.75, 3.05) is 13.2 Å². The molecule has 0 spiro atoms. The number of pyridine rings is 1. The molecule has 0 aliphatic heterocycles. The van der Waals surface area contributed by atoms with Gasteiger partial charge in [0.2, 0.25) is 10.0 Å². The van der Waals surface area contributed by atoms with Crippen molar-refractivity contribution >= 4 is 26.9 Å². The highest BCUT2D eigenvalue weighted by molar-refractivity contribution is 7.89. The molecule has 1 N–H and O–H groups in total. The molecule has 0 bridgehead atoms. The summed E-state index contributed by atoms with van der Waals surface area (Å²) in [5.74, 6) is -0.323. The van der Waals surface area contributed by atoms with E-state index in [1.807, 2.05) is 6.92 Å². The van der Waals surface area contributed by atoms with Crippen molar-refractivity contribution in [2.24, 2.45) is 0 Å². The van der Waals surface area contributed by atoms with Crippen LogP contribution in [0, 0.1) is 6.92 Å². The average Bonchev–Trinajstić information content (AvgIpc) is 2.52. The molecule has 1 aromatic carbocycles. The first-order valence-corrected chi connectivity index (χ1v) is 8.93. The van der Waals surface area contributed by atoms with E-state index in [1.54, 1.807) is 37.4 Å². The van der Waals surface area contributed by atoms with Gasteiger partial charge in [-0.25, -0.2) is 13.1 Å². The number of sulfonamides is 1. The van der Waals surface area contributed by atoms with Crippen LogP contribution in [-0.2, 0) is 19.6 Å². The first-order valence-electron chi connectivity index (χ1n) is 7.45. The number of benzene rings is 1. The summed E-state index contributed by atoms with van der Waals surface area (Å²) in [4.78, 5) is 15.7. The lowest BCUT2D eigenvalue weighted by molar-refractivity contribution is -0.143. The summed E-state index contributed by atoms with van der Waals surface area (Å²) < 4.78 is 32.3. The molecule has 0 atom stereocenters. The smallest absolute Gasteiger partial charge is 0.305 e. The van der Waals surface area contributed by atoms with Crippen molar-refractivity contribution in [3.63, 3.8) is 0 Å². The fourth-order valence-electron chi connectivity index (χ4n) is 2.27. The Labute approximate surface area is 135 Å². The molecule has 7 heteroatoms. The molecule has 1 heterocycles. The van der Waals surface area contributed by atoms with Crippen molar-refractivity contribution < 1.29 is 17.9 Å². The Hall–Kier alpha value is -1.99. The van der Waals surface area contributed by atoms with E-state index < -0.39 is 10.0 Å². The molecular weight excluding hydrogens is 316 g/mol. The maximum atomic E-state index is 12.5. The van der Waals surface area contributed by atoms with Gasteiger partial charge in [0.05, 0.1) is 17.0 Å². The number of fused-ring (bicyclic) bond motifs is 1. The van der Waals surface area contributed by atoms with Crippen LogP contribution in [0.25, 0.3) is 10.9 Å². The summed E-state index contributed by atoms with van der Waals surface area (Å²) in [6.07, 6.45) is 2.21. The van der Waals surface area contributed by atoms with Crippen molar-refractivity contribution in [3.05, 3.63) is 36.0 Å². The molecule has 124 valence electrons. The van der Waals surface area contributed by atoms with Crippen LogP contribution in [0.2, 0.25) is 0 Å². The van der Waals surface area contributed by atoms with E-state index in [0.717, 1.165) is 5.56 Å². The molecule has 0 saturated carbocycles. The Morgan fingerprint density at radius 3 is 2.83 bits per heavy atom. The standard InChI is InChI=1S/C16H20N2O4S/c1-3-22-15(19)7-5-11-18-23(20,21)14-9-8-12(2)16-13(14)6-4-10-17-16/h4,6,8-10,18H,3,5,7,11H2,1-2H3. The number of rotatable bonds is 7. The predicted molar refractivity (Wildman–Crippen MR) is 87.5 cm³/mol. The van der Waals surface area contributed by atoms with Gasteiger partial charge in [0.25, 0.3) is 0 Å². The first kappa shape index (κ1) is 17.4. The van der Waals surface area contributed by atoms with Crippen LogP contribution in [0.3, 0.4) is 0 Å². The topological polar surface area (TPSA) is 85.4 Å². The summed E-state index contributed by atoms with van der Waals surface area (Å²) in [5.41, 5.74) is 1.59. The van der Waals surface area contributed by atoms with E-state index in [0.29, 0.717) is 23.9 Å². The van der Waals surface area contributed by atoms with Crippen LogP contribution in [0.15, 0.2) is 35.4 Å². The minimum Gasteiger partial charge on any atom is -0.466 e. The zero-order chi connectivity index (χ0) is 16.9. The zero-order valence-electron chi connectivity index (χ0n) is 13.2.